The van der Waals surface area contributed by atoms with E-state index in [1.165, 1.54) is 10.4 Å². The van der Waals surface area contributed by atoms with Crippen LogP contribution in [-0.4, -0.2) is 6.21 Å². The summed E-state index contributed by atoms with van der Waals surface area (Å²) in [5.74, 6) is 0. The highest BCUT2D eigenvalue weighted by atomic mass is 32.1. The normalized spacial score (nSPS) is 10.9. The smallest absolute Gasteiger partial charge is 0.0644 e. The lowest BCUT2D eigenvalue weighted by Gasteiger charge is -1.99. The fourth-order valence-corrected chi connectivity index (χ4v) is 2.16. The zero-order valence-electron chi connectivity index (χ0n) is 9.40. The van der Waals surface area contributed by atoms with Crippen LogP contribution < -0.4 is 5.43 Å². The van der Waals surface area contributed by atoms with Gasteiger partial charge in [0.1, 0.15) is 0 Å². The first kappa shape index (κ1) is 10.9. The molecule has 0 saturated heterocycles. The SMILES string of the molecule is Cc1cccc(NN=Cc2ccc(C)s2)c1. The second kappa shape index (κ2) is 4.94. The maximum atomic E-state index is 4.20. The van der Waals surface area contributed by atoms with Crippen LogP contribution in [0.3, 0.4) is 0 Å². The molecule has 0 fully saturated rings. The molecule has 2 nitrogen and oxygen atoms in total. The van der Waals surface area contributed by atoms with E-state index in [1.807, 2.05) is 18.3 Å². The monoisotopic (exact) mass is 230 g/mol. The number of hydrazone groups is 1. The van der Waals surface area contributed by atoms with Crippen LogP contribution in [0.4, 0.5) is 5.69 Å². The predicted molar refractivity (Wildman–Crippen MR) is 71.5 cm³/mol. The number of benzene rings is 1. The minimum Gasteiger partial charge on any atom is -0.278 e. The summed E-state index contributed by atoms with van der Waals surface area (Å²) >= 11 is 1.74. The summed E-state index contributed by atoms with van der Waals surface area (Å²) in [6, 6.07) is 12.3. The molecule has 1 heterocycles. The van der Waals surface area contributed by atoms with E-state index in [1.54, 1.807) is 11.3 Å². The van der Waals surface area contributed by atoms with Crippen molar-refractivity contribution in [2.75, 3.05) is 5.43 Å². The van der Waals surface area contributed by atoms with Crippen molar-refractivity contribution in [3.8, 4) is 0 Å². The van der Waals surface area contributed by atoms with Crippen LogP contribution in [0.25, 0.3) is 0 Å². The highest BCUT2D eigenvalue weighted by Crippen LogP contribution is 2.13. The van der Waals surface area contributed by atoms with Gasteiger partial charge in [0.2, 0.25) is 0 Å². The number of nitrogens with zero attached hydrogens (tertiary/aromatic N) is 1. The van der Waals surface area contributed by atoms with Gasteiger partial charge in [-0.25, -0.2) is 0 Å². The zero-order valence-corrected chi connectivity index (χ0v) is 10.2. The lowest BCUT2D eigenvalue weighted by molar-refractivity contribution is 1.33. The molecule has 0 aliphatic rings. The van der Waals surface area contributed by atoms with Crippen molar-refractivity contribution in [1.82, 2.24) is 0 Å². The summed E-state index contributed by atoms with van der Waals surface area (Å²) in [6.07, 6.45) is 1.85. The Hall–Kier alpha value is -1.61. The Morgan fingerprint density at radius 2 is 2.06 bits per heavy atom. The van der Waals surface area contributed by atoms with Gasteiger partial charge in [-0.3, -0.25) is 5.43 Å². The first-order valence-corrected chi connectivity index (χ1v) is 5.98. The molecule has 2 rings (SSSR count). The van der Waals surface area contributed by atoms with Gasteiger partial charge in [-0.15, -0.1) is 11.3 Å². The van der Waals surface area contributed by atoms with E-state index in [0.29, 0.717) is 0 Å². The fourth-order valence-electron chi connectivity index (χ4n) is 1.41. The molecule has 1 aromatic carbocycles. The Morgan fingerprint density at radius 3 is 2.75 bits per heavy atom. The molecular weight excluding hydrogens is 216 g/mol. The molecule has 16 heavy (non-hydrogen) atoms. The van der Waals surface area contributed by atoms with E-state index < -0.39 is 0 Å². The van der Waals surface area contributed by atoms with Crippen LogP contribution in [0, 0.1) is 13.8 Å². The molecule has 0 amide bonds. The number of hydrogen-bond donors (Lipinski definition) is 1. The summed E-state index contributed by atoms with van der Waals surface area (Å²) in [5, 5.41) is 4.20. The third-order valence-electron chi connectivity index (χ3n) is 2.16. The van der Waals surface area contributed by atoms with Crippen molar-refractivity contribution in [2.24, 2.45) is 5.10 Å². The Bertz CT molecular complexity index is 500. The highest BCUT2D eigenvalue weighted by molar-refractivity contribution is 7.13. The third-order valence-corrected chi connectivity index (χ3v) is 3.10. The molecule has 0 atom stereocenters. The van der Waals surface area contributed by atoms with Gasteiger partial charge in [0.05, 0.1) is 11.9 Å². The van der Waals surface area contributed by atoms with Gasteiger partial charge >= 0.3 is 0 Å². The number of rotatable bonds is 3. The van der Waals surface area contributed by atoms with Crippen molar-refractivity contribution in [3.05, 3.63) is 51.7 Å². The van der Waals surface area contributed by atoms with Gasteiger partial charge in [-0.1, -0.05) is 12.1 Å². The Labute approximate surface area is 99.6 Å². The standard InChI is InChI=1S/C13H14N2S/c1-10-4-3-5-12(8-10)15-14-9-13-7-6-11(2)16-13/h3-9,15H,1-2H3. The molecule has 0 aliphatic heterocycles. The Morgan fingerprint density at radius 1 is 1.19 bits per heavy atom. The Kier molecular flexibility index (Phi) is 3.37. The van der Waals surface area contributed by atoms with E-state index >= 15 is 0 Å². The number of thiophene rings is 1. The van der Waals surface area contributed by atoms with Gasteiger partial charge in [0, 0.05) is 9.75 Å². The maximum absolute atomic E-state index is 4.20. The number of hydrogen-bond acceptors (Lipinski definition) is 3. The van der Waals surface area contributed by atoms with Crippen LogP contribution in [0.1, 0.15) is 15.3 Å². The van der Waals surface area contributed by atoms with E-state index in [2.05, 4.69) is 48.6 Å². The molecule has 0 saturated carbocycles. The second-order valence-corrected chi connectivity index (χ2v) is 5.01. The minimum atomic E-state index is 1.02. The van der Waals surface area contributed by atoms with Gasteiger partial charge in [-0.2, -0.15) is 5.10 Å². The third kappa shape index (κ3) is 2.94. The molecule has 1 N–H and O–H groups in total. The quantitative estimate of drug-likeness (QED) is 0.629. The van der Waals surface area contributed by atoms with Gasteiger partial charge < -0.3 is 0 Å². The van der Waals surface area contributed by atoms with Crippen LogP contribution in [0.5, 0.6) is 0 Å². The van der Waals surface area contributed by atoms with Crippen LogP contribution >= 0.6 is 11.3 Å². The van der Waals surface area contributed by atoms with Crippen molar-refractivity contribution in [2.45, 2.75) is 13.8 Å². The summed E-state index contributed by atoms with van der Waals surface area (Å²) in [6.45, 7) is 4.16. The summed E-state index contributed by atoms with van der Waals surface area (Å²) in [7, 11) is 0. The molecule has 3 heteroatoms. The summed E-state index contributed by atoms with van der Waals surface area (Å²) in [4.78, 5) is 2.47. The summed E-state index contributed by atoms with van der Waals surface area (Å²) < 4.78 is 0. The zero-order chi connectivity index (χ0) is 11.4. The molecule has 0 spiro atoms. The van der Waals surface area contributed by atoms with E-state index in [9.17, 15) is 0 Å². The molecule has 0 unspecified atom stereocenters. The van der Waals surface area contributed by atoms with Crippen LogP contribution in [-0.2, 0) is 0 Å². The first-order valence-electron chi connectivity index (χ1n) is 5.16. The average molecular weight is 230 g/mol. The number of nitrogens with one attached hydrogen (secondary N) is 1. The molecule has 0 radical (unpaired) electrons. The maximum Gasteiger partial charge on any atom is 0.0644 e. The van der Waals surface area contributed by atoms with E-state index in [0.717, 1.165) is 10.6 Å². The van der Waals surface area contributed by atoms with E-state index in [4.69, 9.17) is 0 Å². The van der Waals surface area contributed by atoms with Gasteiger partial charge in [-0.05, 0) is 43.7 Å². The lowest BCUT2D eigenvalue weighted by Crippen LogP contribution is -1.89. The van der Waals surface area contributed by atoms with Crippen molar-refractivity contribution in [1.29, 1.82) is 0 Å². The molecule has 0 bridgehead atoms. The highest BCUT2D eigenvalue weighted by Gasteiger charge is 1.92. The van der Waals surface area contributed by atoms with Crippen LogP contribution in [0.15, 0.2) is 41.5 Å². The predicted octanol–water partition coefficient (Wildman–Crippen LogP) is 3.81. The van der Waals surface area contributed by atoms with E-state index in [-0.39, 0.29) is 0 Å². The van der Waals surface area contributed by atoms with Crippen molar-refractivity contribution >= 4 is 23.2 Å². The molecule has 82 valence electrons. The first-order chi connectivity index (χ1) is 7.74. The number of aryl methyl sites for hydroxylation is 2. The van der Waals surface area contributed by atoms with Crippen molar-refractivity contribution < 1.29 is 0 Å². The average Bonchev–Trinajstić information content (AvgIpc) is 2.64. The Balaban J connectivity index is 1.99. The molecule has 1 aromatic heterocycles. The number of anilines is 1. The minimum absolute atomic E-state index is 1.02. The second-order valence-electron chi connectivity index (χ2n) is 3.69. The largest absolute Gasteiger partial charge is 0.278 e. The van der Waals surface area contributed by atoms with Gasteiger partial charge in [0.15, 0.2) is 0 Å². The lowest BCUT2D eigenvalue weighted by atomic mass is 10.2. The van der Waals surface area contributed by atoms with Gasteiger partial charge in [0.25, 0.3) is 0 Å². The molecule has 2 aromatic rings. The molecular formula is C13H14N2S. The fraction of sp³-hybridized carbons (Fsp3) is 0.154. The molecule has 0 aliphatic carbocycles. The summed E-state index contributed by atoms with van der Waals surface area (Å²) in [5.41, 5.74) is 5.27. The van der Waals surface area contributed by atoms with Crippen molar-refractivity contribution in [3.63, 3.8) is 0 Å². The van der Waals surface area contributed by atoms with Crippen LogP contribution in [0.2, 0.25) is 0 Å². The topological polar surface area (TPSA) is 24.4 Å².